The normalized spacial score (nSPS) is 11.0. The molecule has 5 rings (SSSR count). The van der Waals surface area contributed by atoms with Crippen molar-refractivity contribution in [3.63, 3.8) is 0 Å². The number of nitrogens with zero attached hydrogens (tertiary/aromatic N) is 6. The number of fused-ring (bicyclic) bond motifs is 1. The van der Waals surface area contributed by atoms with Gasteiger partial charge in [0.25, 0.3) is 0 Å². The molecule has 8 nitrogen and oxygen atoms in total. The topological polar surface area (TPSA) is 96.9 Å². The zero-order valence-electron chi connectivity index (χ0n) is 19.0. The van der Waals surface area contributed by atoms with E-state index in [0.717, 1.165) is 28.1 Å². The predicted molar refractivity (Wildman–Crippen MR) is 134 cm³/mol. The van der Waals surface area contributed by atoms with E-state index >= 15 is 0 Å². The molecule has 8 heteroatoms. The van der Waals surface area contributed by atoms with Crippen LogP contribution >= 0.6 is 0 Å². The van der Waals surface area contributed by atoms with Gasteiger partial charge in [-0.05, 0) is 66.9 Å². The summed E-state index contributed by atoms with van der Waals surface area (Å²) in [6.45, 7) is 11.1. The van der Waals surface area contributed by atoms with Crippen LogP contribution in [0.25, 0.3) is 39.4 Å². The lowest BCUT2D eigenvalue weighted by Gasteiger charge is -2.15. The Morgan fingerprint density at radius 1 is 1.11 bits per heavy atom. The second kappa shape index (κ2) is 8.97. The van der Waals surface area contributed by atoms with Crippen LogP contribution in [-0.4, -0.2) is 19.5 Å². The van der Waals surface area contributed by atoms with Gasteiger partial charge in [0, 0.05) is 5.69 Å². The lowest BCUT2D eigenvalue weighted by molar-refractivity contribution is 0.576. The molecule has 3 aromatic heterocycles. The molecule has 1 N–H and O–H groups in total. The van der Waals surface area contributed by atoms with Crippen molar-refractivity contribution in [2.24, 2.45) is 0 Å². The van der Waals surface area contributed by atoms with E-state index in [9.17, 15) is 0 Å². The molecule has 168 valence electrons. The van der Waals surface area contributed by atoms with Crippen molar-refractivity contribution < 1.29 is 4.42 Å². The zero-order valence-corrected chi connectivity index (χ0v) is 19.0. The molecule has 0 unspecified atom stereocenters. The SMILES string of the molecule is [C-]#[N+]C=Cc1cc(C)c(-n2c(-c3ccco3)nc3cnc(Nc4ccc(C#N)cc4)nc32)c(C)c1. The number of imidazole rings is 1. The van der Waals surface area contributed by atoms with Crippen molar-refractivity contribution in [3.05, 3.63) is 101 Å². The fraction of sp³-hybridized carbons (Fsp3) is 0.0741. The maximum Gasteiger partial charge on any atom is 0.229 e. The molecular formula is C27H19N7O. The summed E-state index contributed by atoms with van der Waals surface area (Å²) in [7, 11) is 0. The van der Waals surface area contributed by atoms with Gasteiger partial charge in [-0.2, -0.15) is 10.2 Å². The van der Waals surface area contributed by atoms with E-state index in [1.807, 2.05) is 42.7 Å². The number of benzene rings is 2. The van der Waals surface area contributed by atoms with Crippen molar-refractivity contribution in [1.82, 2.24) is 19.5 Å². The third-order valence-electron chi connectivity index (χ3n) is 5.49. The van der Waals surface area contributed by atoms with Crippen LogP contribution in [0.15, 0.2) is 71.6 Å². The van der Waals surface area contributed by atoms with Crippen molar-refractivity contribution in [2.75, 3.05) is 5.32 Å². The first kappa shape index (κ1) is 21.6. The summed E-state index contributed by atoms with van der Waals surface area (Å²) < 4.78 is 7.68. The molecule has 0 atom stereocenters. The Labute approximate surface area is 201 Å². The van der Waals surface area contributed by atoms with E-state index < -0.39 is 0 Å². The summed E-state index contributed by atoms with van der Waals surface area (Å²) in [6.07, 6.45) is 6.52. The number of aromatic nitrogens is 4. The molecule has 3 heterocycles. The van der Waals surface area contributed by atoms with Crippen LogP contribution in [-0.2, 0) is 0 Å². The van der Waals surface area contributed by atoms with Crippen LogP contribution in [0.1, 0.15) is 22.3 Å². The number of rotatable bonds is 5. The molecule has 0 spiro atoms. The first-order valence-corrected chi connectivity index (χ1v) is 10.8. The lowest BCUT2D eigenvalue weighted by Crippen LogP contribution is -2.05. The maximum atomic E-state index is 9.03. The van der Waals surface area contributed by atoms with Crippen LogP contribution < -0.4 is 5.32 Å². The largest absolute Gasteiger partial charge is 0.461 e. The summed E-state index contributed by atoms with van der Waals surface area (Å²) in [6, 6.07) is 16.9. The first-order valence-electron chi connectivity index (χ1n) is 10.8. The Morgan fingerprint density at radius 3 is 2.54 bits per heavy atom. The fourth-order valence-electron chi connectivity index (χ4n) is 4.04. The fourth-order valence-corrected chi connectivity index (χ4v) is 4.04. The van der Waals surface area contributed by atoms with Gasteiger partial charge in [-0.1, -0.05) is 18.2 Å². The summed E-state index contributed by atoms with van der Waals surface area (Å²) >= 11 is 0. The average molecular weight is 457 g/mol. The molecule has 0 radical (unpaired) electrons. The smallest absolute Gasteiger partial charge is 0.229 e. The molecule has 0 amide bonds. The predicted octanol–water partition coefficient (Wildman–Crippen LogP) is 6.20. The summed E-state index contributed by atoms with van der Waals surface area (Å²) in [5.74, 6) is 1.63. The van der Waals surface area contributed by atoms with E-state index in [1.54, 1.807) is 42.8 Å². The summed E-state index contributed by atoms with van der Waals surface area (Å²) in [4.78, 5) is 17.3. The third-order valence-corrected chi connectivity index (χ3v) is 5.49. The van der Waals surface area contributed by atoms with Gasteiger partial charge >= 0.3 is 0 Å². The Hall–Kier alpha value is -5.21. The number of anilines is 2. The standard InChI is InChI=1S/C27H19N7O/c1-17-13-20(10-11-29-3)14-18(2)24(17)34-25-22(32-26(34)23-5-4-12-35-23)16-30-27(33-25)31-21-8-6-19(15-28)7-9-21/h4-14,16H,1-2H3,(H,30,31,33). The van der Waals surface area contributed by atoms with Gasteiger partial charge in [0.05, 0.1) is 36.4 Å². The van der Waals surface area contributed by atoms with E-state index in [1.165, 1.54) is 6.20 Å². The Balaban J connectivity index is 1.68. The highest BCUT2D eigenvalue weighted by Crippen LogP contribution is 2.32. The van der Waals surface area contributed by atoms with Gasteiger partial charge in [0.1, 0.15) is 5.52 Å². The van der Waals surface area contributed by atoms with Gasteiger partial charge in [0.15, 0.2) is 23.4 Å². The Morgan fingerprint density at radius 2 is 1.89 bits per heavy atom. The van der Waals surface area contributed by atoms with Gasteiger partial charge in [-0.3, -0.25) is 4.57 Å². The van der Waals surface area contributed by atoms with E-state index in [-0.39, 0.29) is 0 Å². The highest BCUT2D eigenvalue weighted by molar-refractivity contribution is 5.81. The van der Waals surface area contributed by atoms with E-state index in [2.05, 4.69) is 21.2 Å². The second-order valence-electron chi connectivity index (χ2n) is 7.91. The number of hydrogen-bond acceptors (Lipinski definition) is 6. The van der Waals surface area contributed by atoms with Crippen LogP contribution in [0, 0.1) is 31.8 Å². The minimum atomic E-state index is 0.404. The van der Waals surface area contributed by atoms with Crippen LogP contribution in [0.4, 0.5) is 11.6 Å². The van der Waals surface area contributed by atoms with Crippen LogP contribution in [0.2, 0.25) is 0 Å². The summed E-state index contributed by atoms with van der Waals surface area (Å²) in [5, 5.41) is 12.2. The minimum absolute atomic E-state index is 0.404. The van der Waals surface area contributed by atoms with Gasteiger partial charge in [-0.15, -0.1) is 0 Å². The summed E-state index contributed by atoms with van der Waals surface area (Å²) in [5.41, 5.74) is 6.47. The molecule has 0 fully saturated rings. The molecule has 2 aromatic carbocycles. The van der Waals surface area contributed by atoms with Crippen LogP contribution in [0.5, 0.6) is 0 Å². The van der Waals surface area contributed by atoms with Crippen molar-refractivity contribution in [2.45, 2.75) is 13.8 Å². The van der Waals surface area contributed by atoms with Crippen molar-refractivity contribution in [1.29, 1.82) is 5.26 Å². The monoisotopic (exact) mass is 457 g/mol. The molecule has 0 aliphatic heterocycles. The molecule has 0 aliphatic carbocycles. The molecule has 35 heavy (non-hydrogen) atoms. The number of nitrogens with one attached hydrogen (secondary N) is 1. The van der Waals surface area contributed by atoms with E-state index in [0.29, 0.717) is 34.3 Å². The quantitative estimate of drug-likeness (QED) is 0.316. The Kier molecular flexibility index (Phi) is 5.54. The first-order chi connectivity index (χ1) is 17.1. The van der Waals surface area contributed by atoms with Crippen LogP contribution in [0.3, 0.4) is 0 Å². The number of nitriles is 1. The second-order valence-corrected chi connectivity index (χ2v) is 7.91. The van der Waals surface area contributed by atoms with Crippen molar-refractivity contribution in [3.8, 4) is 23.3 Å². The number of furan rings is 1. The molecule has 0 aliphatic rings. The molecule has 0 saturated heterocycles. The number of aryl methyl sites for hydroxylation is 2. The molecule has 5 aromatic rings. The lowest BCUT2D eigenvalue weighted by atomic mass is 10.0. The maximum absolute atomic E-state index is 9.03. The molecule has 0 bridgehead atoms. The van der Waals surface area contributed by atoms with Crippen molar-refractivity contribution >= 4 is 28.9 Å². The van der Waals surface area contributed by atoms with Gasteiger partial charge < -0.3 is 9.73 Å². The minimum Gasteiger partial charge on any atom is -0.461 e. The van der Waals surface area contributed by atoms with Gasteiger partial charge in [0.2, 0.25) is 5.95 Å². The molecular weight excluding hydrogens is 438 g/mol. The third kappa shape index (κ3) is 4.12. The van der Waals surface area contributed by atoms with E-state index in [4.69, 9.17) is 26.2 Å². The van der Waals surface area contributed by atoms with Gasteiger partial charge in [-0.25, -0.2) is 14.8 Å². The highest BCUT2D eigenvalue weighted by Gasteiger charge is 2.21. The highest BCUT2D eigenvalue weighted by atomic mass is 16.3. The Bertz CT molecular complexity index is 1620. The molecule has 0 saturated carbocycles. The zero-order chi connectivity index (χ0) is 24.4. The average Bonchev–Trinajstić information content (AvgIpc) is 3.51. The number of hydrogen-bond donors (Lipinski definition) is 1.